The van der Waals surface area contributed by atoms with Crippen molar-refractivity contribution in [3.63, 3.8) is 0 Å². The zero-order chi connectivity index (χ0) is 14.0. The van der Waals surface area contributed by atoms with E-state index in [2.05, 4.69) is 15.9 Å². The van der Waals surface area contributed by atoms with Gasteiger partial charge in [0, 0.05) is 10.0 Å². The maximum atomic E-state index is 10.4. The van der Waals surface area contributed by atoms with E-state index in [1.165, 1.54) is 11.3 Å². The lowest BCUT2D eigenvalue weighted by Gasteiger charge is -2.13. The zero-order valence-corrected chi connectivity index (χ0v) is 13.9. The fourth-order valence-corrected chi connectivity index (χ4v) is 3.79. The van der Waals surface area contributed by atoms with Gasteiger partial charge in [0.2, 0.25) is 0 Å². The Labute approximate surface area is 134 Å². The van der Waals surface area contributed by atoms with Gasteiger partial charge in [0.15, 0.2) is 0 Å². The van der Waals surface area contributed by atoms with E-state index in [0.29, 0.717) is 20.8 Å². The minimum absolute atomic E-state index is 0.498. The molecule has 2 nitrogen and oxygen atoms in total. The summed E-state index contributed by atoms with van der Waals surface area (Å²) in [7, 11) is 0. The Morgan fingerprint density at radius 2 is 2.05 bits per heavy atom. The summed E-state index contributed by atoms with van der Waals surface area (Å²) in [4.78, 5) is 0. The molecule has 1 unspecified atom stereocenters. The third-order valence-corrected chi connectivity index (χ3v) is 4.76. The lowest BCUT2D eigenvalue weighted by Crippen LogP contribution is -2.00. The lowest BCUT2D eigenvalue weighted by atomic mass is 10.0. The number of aliphatic hydroxyl groups excluding tert-OH is 1. The summed E-state index contributed by atoms with van der Waals surface area (Å²) in [6.07, 6.45) is -0.818. The van der Waals surface area contributed by atoms with Crippen molar-refractivity contribution in [1.29, 1.82) is 0 Å². The van der Waals surface area contributed by atoms with Gasteiger partial charge in [-0.05, 0) is 30.7 Å². The molecular formula is C13H11BrCl2O2S. The van der Waals surface area contributed by atoms with E-state index in [1.54, 1.807) is 6.07 Å². The van der Waals surface area contributed by atoms with Crippen LogP contribution in [0.1, 0.15) is 24.2 Å². The minimum Gasteiger partial charge on any atom is -0.494 e. The van der Waals surface area contributed by atoms with E-state index in [-0.39, 0.29) is 0 Å². The number of benzene rings is 1. The summed E-state index contributed by atoms with van der Waals surface area (Å²) in [6.45, 7) is 2.52. The standard InChI is InChI=1S/C13H11BrCl2O2S/c1-2-18-7-3-4-8(10(14)5-7)12(17)9-6-11(15)19-13(9)16/h3-6,12,17H,2H2,1H3. The number of aliphatic hydroxyl groups is 1. The van der Waals surface area contributed by atoms with Crippen molar-refractivity contribution < 1.29 is 9.84 Å². The quantitative estimate of drug-likeness (QED) is 0.778. The molecule has 0 aliphatic carbocycles. The molecule has 2 rings (SSSR count). The van der Waals surface area contributed by atoms with E-state index in [0.717, 1.165) is 15.8 Å². The molecule has 1 aromatic carbocycles. The molecule has 0 radical (unpaired) electrons. The molecule has 0 spiro atoms. The van der Waals surface area contributed by atoms with E-state index < -0.39 is 6.10 Å². The summed E-state index contributed by atoms with van der Waals surface area (Å²) in [5.74, 6) is 0.750. The molecule has 2 aromatic rings. The first kappa shape index (κ1) is 15.1. The Bertz CT molecular complexity index is 586. The fourth-order valence-electron chi connectivity index (χ4n) is 1.69. The lowest BCUT2D eigenvalue weighted by molar-refractivity contribution is 0.220. The second-order valence-corrected chi connectivity index (χ2v) is 6.94. The Morgan fingerprint density at radius 3 is 2.58 bits per heavy atom. The van der Waals surface area contributed by atoms with Gasteiger partial charge < -0.3 is 9.84 Å². The Hall–Kier alpha value is -0.260. The summed E-state index contributed by atoms with van der Waals surface area (Å²) in [6, 6.07) is 7.13. The molecule has 0 aliphatic rings. The van der Waals surface area contributed by atoms with E-state index in [4.69, 9.17) is 27.9 Å². The summed E-state index contributed by atoms with van der Waals surface area (Å²) in [5.41, 5.74) is 1.33. The predicted octanol–water partition coefficient (Wildman–Crippen LogP) is 5.30. The number of rotatable bonds is 4. The van der Waals surface area contributed by atoms with Crippen LogP contribution >= 0.6 is 50.5 Å². The van der Waals surface area contributed by atoms with Crippen LogP contribution in [0.3, 0.4) is 0 Å². The van der Waals surface area contributed by atoms with Crippen molar-refractivity contribution in [1.82, 2.24) is 0 Å². The highest BCUT2D eigenvalue weighted by molar-refractivity contribution is 9.10. The van der Waals surface area contributed by atoms with Crippen molar-refractivity contribution in [2.75, 3.05) is 6.61 Å². The molecule has 0 bridgehead atoms. The van der Waals surface area contributed by atoms with Crippen molar-refractivity contribution >= 4 is 50.5 Å². The minimum atomic E-state index is -0.818. The van der Waals surface area contributed by atoms with Crippen LogP contribution in [0.4, 0.5) is 0 Å². The first-order valence-corrected chi connectivity index (χ1v) is 7.94. The van der Waals surface area contributed by atoms with Crippen LogP contribution in [0.25, 0.3) is 0 Å². The maximum absolute atomic E-state index is 10.4. The van der Waals surface area contributed by atoms with Crippen LogP contribution in [-0.4, -0.2) is 11.7 Å². The van der Waals surface area contributed by atoms with E-state index in [9.17, 15) is 5.11 Å². The SMILES string of the molecule is CCOc1ccc(C(O)c2cc(Cl)sc2Cl)c(Br)c1. The number of thiophene rings is 1. The second-order valence-electron chi connectivity index (χ2n) is 3.80. The first-order valence-electron chi connectivity index (χ1n) is 5.58. The van der Waals surface area contributed by atoms with E-state index >= 15 is 0 Å². The van der Waals surface area contributed by atoms with Crippen molar-refractivity contribution in [2.24, 2.45) is 0 Å². The Kier molecular flexibility index (Phi) is 5.15. The van der Waals surface area contributed by atoms with Gasteiger partial charge in [0.1, 0.15) is 16.2 Å². The Balaban J connectivity index is 2.33. The van der Waals surface area contributed by atoms with Gasteiger partial charge in [-0.25, -0.2) is 0 Å². The third kappa shape index (κ3) is 3.44. The highest BCUT2D eigenvalue weighted by atomic mass is 79.9. The van der Waals surface area contributed by atoms with Crippen LogP contribution in [0.15, 0.2) is 28.7 Å². The van der Waals surface area contributed by atoms with Crippen LogP contribution < -0.4 is 4.74 Å². The van der Waals surface area contributed by atoms with Crippen LogP contribution in [0, 0.1) is 0 Å². The van der Waals surface area contributed by atoms with Gasteiger partial charge in [-0.1, -0.05) is 45.2 Å². The monoisotopic (exact) mass is 380 g/mol. The second kappa shape index (κ2) is 6.46. The average Bonchev–Trinajstić information content (AvgIpc) is 2.68. The van der Waals surface area contributed by atoms with Crippen molar-refractivity contribution in [3.8, 4) is 5.75 Å². The molecule has 19 heavy (non-hydrogen) atoms. The van der Waals surface area contributed by atoms with Gasteiger partial charge in [-0.15, -0.1) is 11.3 Å². The van der Waals surface area contributed by atoms with Crippen LogP contribution in [0.5, 0.6) is 5.75 Å². The Morgan fingerprint density at radius 1 is 1.32 bits per heavy atom. The van der Waals surface area contributed by atoms with E-state index in [1.807, 2.05) is 25.1 Å². The van der Waals surface area contributed by atoms with Gasteiger partial charge in [-0.3, -0.25) is 0 Å². The maximum Gasteiger partial charge on any atom is 0.120 e. The molecule has 0 saturated heterocycles. The third-order valence-electron chi connectivity index (χ3n) is 2.56. The highest BCUT2D eigenvalue weighted by Crippen LogP contribution is 2.39. The molecule has 0 amide bonds. The number of ether oxygens (including phenoxy) is 1. The summed E-state index contributed by atoms with van der Waals surface area (Å²) in [5, 5.41) is 10.4. The molecule has 6 heteroatoms. The predicted molar refractivity (Wildman–Crippen MR) is 83.7 cm³/mol. The van der Waals surface area contributed by atoms with Crippen molar-refractivity contribution in [2.45, 2.75) is 13.0 Å². The largest absolute Gasteiger partial charge is 0.494 e. The smallest absolute Gasteiger partial charge is 0.120 e. The van der Waals surface area contributed by atoms with Crippen LogP contribution in [-0.2, 0) is 0 Å². The molecule has 1 aromatic heterocycles. The normalized spacial score (nSPS) is 12.5. The number of halogens is 3. The molecule has 1 atom stereocenters. The summed E-state index contributed by atoms with van der Waals surface area (Å²) < 4.78 is 7.22. The molecule has 1 N–H and O–H groups in total. The van der Waals surface area contributed by atoms with Crippen LogP contribution in [0.2, 0.25) is 8.67 Å². The van der Waals surface area contributed by atoms with Gasteiger partial charge >= 0.3 is 0 Å². The number of hydrogen-bond donors (Lipinski definition) is 1. The average molecular weight is 382 g/mol. The number of hydrogen-bond acceptors (Lipinski definition) is 3. The first-order chi connectivity index (χ1) is 9.02. The van der Waals surface area contributed by atoms with Gasteiger partial charge in [0.05, 0.1) is 10.9 Å². The highest BCUT2D eigenvalue weighted by Gasteiger charge is 2.19. The van der Waals surface area contributed by atoms with Gasteiger partial charge in [0.25, 0.3) is 0 Å². The molecule has 102 valence electrons. The molecule has 0 fully saturated rings. The zero-order valence-electron chi connectivity index (χ0n) is 9.99. The van der Waals surface area contributed by atoms with Crippen molar-refractivity contribution in [3.05, 3.63) is 48.5 Å². The molecule has 1 heterocycles. The fraction of sp³-hybridized carbons (Fsp3) is 0.231. The topological polar surface area (TPSA) is 29.5 Å². The summed E-state index contributed by atoms with van der Waals surface area (Å²) >= 11 is 16.6. The molecule has 0 saturated carbocycles. The molecular weight excluding hydrogens is 371 g/mol. The molecule has 0 aliphatic heterocycles. The van der Waals surface area contributed by atoms with Gasteiger partial charge in [-0.2, -0.15) is 0 Å².